The van der Waals surface area contributed by atoms with Crippen LogP contribution in [0.3, 0.4) is 0 Å². The van der Waals surface area contributed by atoms with Crippen LogP contribution in [0.25, 0.3) is 0 Å². The summed E-state index contributed by atoms with van der Waals surface area (Å²) in [4.78, 5) is 13.0. The molecule has 3 heteroatoms. The summed E-state index contributed by atoms with van der Waals surface area (Å²) in [5, 5.41) is 0. The van der Waals surface area contributed by atoms with Gasteiger partial charge in [0.15, 0.2) is 0 Å². The van der Waals surface area contributed by atoms with Crippen LogP contribution in [0.2, 0.25) is 0 Å². The van der Waals surface area contributed by atoms with Gasteiger partial charge in [0.05, 0.1) is 3.79 Å². The van der Waals surface area contributed by atoms with Gasteiger partial charge in [0.25, 0.3) is 0 Å². The predicted octanol–water partition coefficient (Wildman–Crippen LogP) is 4.51. The first kappa shape index (κ1) is 12.1. The Morgan fingerprint density at radius 1 is 1.31 bits per heavy atom. The van der Waals surface area contributed by atoms with Gasteiger partial charge in [-0.05, 0) is 53.7 Å². The van der Waals surface area contributed by atoms with E-state index in [2.05, 4.69) is 22.0 Å². The minimum absolute atomic E-state index is 0.350. The fraction of sp³-hybridized carbons (Fsp3) is 0.462. The SMILES string of the molecule is O=C(CC1=CCCCC1)Cc1ccc(Br)s1. The summed E-state index contributed by atoms with van der Waals surface area (Å²) in [5.74, 6) is 0.350. The molecule has 2 rings (SSSR count). The molecule has 1 nitrogen and oxygen atoms in total. The molecule has 86 valence electrons. The lowest BCUT2D eigenvalue weighted by Crippen LogP contribution is -2.04. The van der Waals surface area contributed by atoms with E-state index in [1.165, 1.54) is 18.4 Å². The highest BCUT2D eigenvalue weighted by Gasteiger charge is 2.10. The molecule has 16 heavy (non-hydrogen) atoms. The van der Waals surface area contributed by atoms with E-state index < -0.39 is 0 Å². The Kier molecular flexibility index (Phi) is 4.36. The minimum atomic E-state index is 0.350. The third kappa shape index (κ3) is 3.56. The standard InChI is InChI=1S/C13H15BrOS/c14-13-7-6-12(16-13)9-11(15)8-10-4-2-1-3-5-10/h4,6-7H,1-3,5,8-9H2. The molecule has 0 aliphatic heterocycles. The first-order valence-corrected chi connectivity index (χ1v) is 7.29. The number of halogens is 1. The van der Waals surface area contributed by atoms with Crippen molar-refractivity contribution >= 4 is 33.0 Å². The molecule has 0 unspecified atom stereocenters. The molecule has 0 saturated heterocycles. The van der Waals surface area contributed by atoms with Gasteiger partial charge in [-0.25, -0.2) is 0 Å². The molecule has 0 saturated carbocycles. The Hall–Kier alpha value is -0.410. The third-order valence-electron chi connectivity index (χ3n) is 2.81. The fourth-order valence-electron chi connectivity index (χ4n) is 2.02. The summed E-state index contributed by atoms with van der Waals surface area (Å²) in [6.45, 7) is 0. The maximum atomic E-state index is 11.8. The minimum Gasteiger partial charge on any atom is -0.299 e. The van der Waals surface area contributed by atoms with Crippen LogP contribution in [0.4, 0.5) is 0 Å². The highest BCUT2D eigenvalue weighted by molar-refractivity contribution is 9.11. The lowest BCUT2D eigenvalue weighted by molar-refractivity contribution is -0.117. The van der Waals surface area contributed by atoms with Gasteiger partial charge in [0.1, 0.15) is 5.78 Å². The lowest BCUT2D eigenvalue weighted by atomic mass is 9.95. The Morgan fingerprint density at radius 3 is 2.81 bits per heavy atom. The molecule has 0 radical (unpaired) electrons. The van der Waals surface area contributed by atoms with Gasteiger partial charge >= 0.3 is 0 Å². The van der Waals surface area contributed by atoms with Gasteiger partial charge in [0.2, 0.25) is 0 Å². The maximum absolute atomic E-state index is 11.8. The van der Waals surface area contributed by atoms with Crippen molar-refractivity contribution in [2.24, 2.45) is 0 Å². The second-order valence-corrected chi connectivity index (χ2v) is 6.75. The van der Waals surface area contributed by atoms with Gasteiger partial charge in [-0.1, -0.05) is 11.6 Å². The van der Waals surface area contributed by atoms with Gasteiger partial charge in [-0.2, -0.15) is 0 Å². The van der Waals surface area contributed by atoms with Crippen LogP contribution in [0.1, 0.15) is 37.0 Å². The van der Waals surface area contributed by atoms with Crippen LogP contribution in [-0.4, -0.2) is 5.78 Å². The van der Waals surface area contributed by atoms with Crippen LogP contribution in [0.5, 0.6) is 0 Å². The lowest BCUT2D eigenvalue weighted by Gasteiger charge is -2.11. The normalized spacial score (nSPS) is 15.9. The Morgan fingerprint density at radius 2 is 2.19 bits per heavy atom. The zero-order valence-corrected chi connectivity index (χ0v) is 11.6. The number of thiophene rings is 1. The largest absolute Gasteiger partial charge is 0.299 e. The Bertz CT molecular complexity index is 406. The zero-order chi connectivity index (χ0) is 11.4. The molecule has 0 spiro atoms. The predicted molar refractivity (Wildman–Crippen MR) is 71.9 cm³/mol. The molecular formula is C13H15BrOS. The molecule has 0 amide bonds. The molecule has 1 heterocycles. The summed E-state index contributed by atoms with van der Waals surface area (Å²) in [7, 11) is 0. The summed E-state index contributed by atoms with van der Waals surface area (Å²) in [6.07, 6.45) is 8.33. The molecule has 1 aliphatic rings. The summed E-state index contributed by atoms with van der Waals surface area (Å²) in [5.41, 5.74) is 1.35. The van der Waals surface area contributed by atoms with Gasteiger partial charge < -0.3 is 0 Å². The number of carbonyl (C=O) groups is 1. The van der Waals surface area contributed by atoms with Crippen molar-refractivity contribution in [3.8, 4) is 0 Å². The topological polar surface area (TPSA) is 17.1 Å². The molecule has 0 fully saturated rings. The van der Waals surface area contributed by atoms with Crippen molar-refractivity contribution in [2.75, 3.05) is 0 Å². The van der Waals surface area contributed by atoms with E-state index in [0.29, 0.717) is 18.6 Å². The van der Waals surface area contributed by atoms with E-state index >= 15 is 0 Å². The maximum Gasteiger partial charge on any atom is 0.142 e. The van der Waals surface area contributed by atoms with Crippen molar-refractivity contribution < 1.29 is 4.79 Å². The molecule has 0 bridgehead atoms. The second-order valence-electron chi connectivity index (χ2n) is 4.21. The van der Waals surface area contributed by atoms with E-state index in [-0.39, 0.29) is 0 Å². The van der Waals surface area contributed by atoms with Crippen LogP contribution >= 0.6 is 27.3 Å². The van der Waals surface area contributed by atoms with Gasteiger partial charge in [-0.15, -0.1) is 11.3 Å². The first-order chi connectivity index (χ1) is 7.74. The number of carbonyl (C=O) groups excluding carboxylic acids is 1. The highest BCUT2D eigenvalue weighted by Crippen LogP contribution is 2.24. The van der Waals surface area contributed by atoms with Gasteiger partial charge in [0, 0.05) is 17.7 Å². The van der Waals surface area contributed by atoms with E-state index in [0.717, 1.165) is 21.5 Å². The van der Waals surface area contributed by atoms with Crippen molar-refractivity contribution in [1.82, 2.24) is 0 Å². The number of allylic oxidation sites excluding steroid dienone is 2. The number of hydrogen-bond donors (Lipinski definition) is 0. The molecular weight excluding hydrogens is 284 g/mol. The number of hydrogen-bond acceptors (Lipinski definition) is 2. The molecule has 1 aromatic heterocycles. The van der Waals surface area contributed by atoms with Crippen LogP contribution in [0.15, 0.2) is 27.6 Å². The number of rotatable bonds is 4. The Labute approximate surface area is 109 Å². The molecule has 0 aromatic carbocycles. The summed E-state index contributed by atoms with van der Waals surface area (Å²) >= 11 is 5.07. The monoisotopic (exact) mass is 298 g/mol. The average molecular weight is 299 g/mol. The Balaban J connectivity index is 1.86. The van der Waals surface area contributed by atoms with E-state index in [4.69, 9.17) is 0 Å². The van der Waals surface area contributed by atoms with Crippen molar-refractivity contribution in [1.29, 1.82) is 0 Å². The number of Topliss-reactive ketones (excluding diaryl/α,β-unsaturated/α-hetero) is 1. The van der Waals surface area contributed by atoms with Crippen LogP contribution in [0, 0.1) is 0 Å². The molecule has 0 N–H and O–H groups in total. The summed E-state index contributed by atoms with van der Waals surface area (Å²) in [6, 6.07) is 4.04. The quantitative estimate of drug-likeness (QED) is 0.747. The van der Waals surface area contributed by atoms with Crippen LogP contribution in [-0.2, 0) is 11.2 Å². The number of ketones is 1. The molecule has 1 aromatic rings. The first-order valence-electron chi connectivity index (χ1n) is 5.68. The highest BCUT2D eigenvalue weighted by atomic mass is 79.9. The van der Waals surface area contributed by atoms with E-state index in [9.17, 15) is 4.79 Å². The smallest absolute Gasteiger partial charge is 0.142 e. The van der Waals surface area contributed by atoms with E-state index in [1.54, 1.807) is 11.3 Å². The molecule has 1 aliphatic carbocycles. The van der Waals surface area contributed by atoms with Gasteiger partial charge in [-0.3, -0.25) is 4.79 Å². The van der Waals surface area contributed by atoms with Crippen molar-refractivity contribution in [3.05, 3.63) is 32.4 Å². The van der Waals surface area contributed by atoms with Crippen molar-refractivity contribution in [2.45, 2.75) is 38.5 Å². The zero-order valence-electron chi connectivity index (χ0n) is 9.17. The van der Waals surface area contributed by atoms with Crippen molar-refractivity contribution in [3.63, 3.8) is 0 Å². The third-order valence-corrected chi connectivity index (χ3v) is 4.43. The second kappa shape index (κ2) is 5.78. The van der Waals surface area contributed by atoms with E-state index in [1.807, 2.05) is 12.1 Å². The molecule has 0 atom stereocenters. The van der Waals surface area contributed by atoms with Crippen LogP contribution < -0.4 is 0 Å². The average Bonchev–Trinajstić information content (AvgIpc) is 2.65. The summed E-state index contributed by atoms with van der Waals surface area (Å²) < 4.78 is 1.10. The fourth-order valence-corrected chi connectivity index (χ4v) is 3.53.